The first-order valence-electron chi connectivity index (χ1n) is 6.78. The highest BCUT2D eigenvalue weighted by Crippen LogP contribution is 2.35. The number of unbranched alkanes of at least 4 members (excludes halogenated alkanes) is 1. The van der Waals surface area contributed by atoms with Gasteiger partial charge in [0, 0.05) is 0 Å². The third-order valence-corrected chi connectivity index (χ3v) is 3.54. The van der Waals surface area contributed by atoms with Crippen molar-refractivity contribution in [1.82, 2.24) is 0 Å². The minimum atomic E-state index is -4.42. The molecule has 0 aliphatic rings. The highest BCUT2D eigenvalue weighted by atomic mass is 19.4. The van der Waals surface area contributed by atoms with Crippen LogP contribution in [-0.2, 0) is 6.42 Å². The molecule has 1 nitrogen and oxygen atoms in total. The Morgan fingerprint density at radius 1 is 1.05 bits per heavy atom. The summed E-state index contributed by atoms with van der Waals surface area (Å²) in [5.41, 5.74) is 6.59. The van der Waals surface area contributed by atoms with Crippen LogP contribution < -0.4 is 5.73 Å². The van der Waals surface area contributed by atoms with Gasteiger partial charge in [-0.2, -0.15) is 13.2 Å². The van der Waals surface area contributed by atoms with Crippen molar-refractivity contribution in [2.24, 2.45) is 5.73 Å². The summed E-state index contributed by atoms with van der Waals surface area (Å²) >= 11 is 0. The molecule has 0 saturated carbocycles. The zero-order chi connectivity index (χ0) is 14.8. The second kappa shape index (κ2) is 5.83. The Labute approximate surface area is 116 Å². The molecule has 0 aromatic heterocycles. The molecule has 0 heterocycles. The lowest BCUT2D eigenvalue weighted by atomic mass is 9.93. The smallest absolute Gasteiger partial charge is 0.316 e. The summed E-state index contributed by atoms with van der Waals surface area (Å²) in [5.74, 6) is 0. The van der Waals surface area contributed by atoms with E-state index in [2.05, 4.69) is 6.92 Å². The van der Waals surface area contributed by atoms with E-state index >= 15 is 0 Å². The van der Waals surface area contributed by atoms with Gasteiger partial charge in [-0.05, 0) is 34.7 Å². The normalized spacial score (nSPS) is 13.7. The summed E-state index contributed by atoms with van der Waals surface area (Å²) in [4.78, 5) is 0. The fourth-order valence-electron chi connectivity index (χ4n) is 2.42. The summed E-state index contributed by atoms with van der Waals surface area (Å²) in [7, 11) is 0. The third kappa shape index (κ3) is 2.96. The first-order valence-corrected chi connectivity index (χ1v) is 6.78. The first kappa shape index (κ1) is 14.9. The Bertz CT molecular complexity index is 590. The molecular weight excluding hydrogens is 263 g/mol. The van der Waals surface area contributed by atoms with E-state index in [0.717, 1.165) is 30.2 Å². The molecule has 2 N–H and O–H groups in total. The van der Waals surface area contributed by atoms with Crippen LogP contribution in [0.4, 0.5) is 13.2 Å². The maximum absolute atomic E-state index is 12.8. The monoisotopic (exact) mass is 281 g/mol. The number of aryl methyl sites for hydroxylation is 1. The van der Waals surface area contributed by atoms with Crippen LogP contribution in [0.25, 0.3) is 10.8 Å². The summed E-state index contributed by atoms with van der Waals surface area (Å²) in [6, 6.07) is 8.54. The summed E-state index contributed by atoms with van der Waals surface area (Å²) in [6.45, 7) is 2.09. The van der Waals surface area contributed by atoms with Crippen LogP contribution in [0.5, 0.6) is 0 Å². The van der Waals surface area contributed by atoms with Gasteiger partial charge >= 0.3 is 6.18 Å². The molecule has 0 aliphatic carbocycles. The van der Waals surface area contributed by atoms with Gasteiger partial charge in [-0.1, -0.05) is 49.7 Å². The van der Waals surface area contributed by atoms with Gasteiger partial charge < -0.3 is 5.73 Å². The van der Waals surface area contributed by atoms with Crippen molar-refractivity contribution in [2.45, 2.75) is 38.4 Å². The van der Waals surface area contributed by atoms with Crippen LogP contribution in [0.15, 0.2) is 36.4 Å². The first-order chi connectivity index (χ1) is 9.45. The molecule has 0 amide bonds. The average Bonchev–Trinajstić information content (AvgIpc) is 2.43. The van der Waals surface area contributed by atoms with Gasteiger partial charge in [0.2, 0.25) is 0 Å². The topological polar surface area (TPSA) is 26.0 Å². The Hall–Kier alpha value is -1.55. The van der Waals surface area contributed by atoms with Crippen LogP contribution in [0.3, 0.4) is 0 Å². The van der Waals surface area contributed by atoms with Crippen LogP contribution in [-0.4, -0.2) is 6.18 Å². The molecule has 0 saturated heterocycles. The predicted octanol–water partition coefficient (Wildman–Crippen LogP) is 4.74. The largest absolute Gasteiger partial charge is 0.407 e. The predicted molar refractivity (Wildman–Crippen MR) is 75.5 cm³/mol. The van der Waals surface area contributed by atoms with Crippen molar-refractivity contribution in [3.8, 4) is 0 Å². The highest BCUT2D eigenvalue weighted by Gasteiger charge is 2.38. The van der Waals surface area contributed by atoms with Crippen molar-refractivity contribution >= 4 is 10.8 Å². The molecule has 0 fully saturated rings. The van der Waals surface area contributed by atoms with E-state index in [1.54, 1.807) is 18.2 Å². The van der Waals surface area contributed by atoms with Crippen molar-refractivity contribution in [3.63, 3.8) is 0 Å². The average molecular weight is 281 g/mol. The van der Waals surface area contributed by atoms with Gasteiger partial charge in [0.25, 0.3) is 0 Å². The van der Waals surface area contributed by atoms with Crippen LogP contribution >= 0.6 is 0 Å². The number of hydrogen-bond donors (Lipinski definition) is 1. The van der Waals surface area contributed by atoms with Crippen LogP contribution in [0.1, 0.15) is 36.9 Å². The maximum atomic E-state index is 12.8. The van der Waals surface area contributed by atoms with E-state index in [-0.39, 0.29) is 5.56 Å². The second-order valence-electron chi connectivity index (χ2n) is 4.98. The number of alkyl halides is 3. The van der Waals surface area contributed by atoms with Crippen molar-refractivity contribution in [1.29, 1.82) is 0 Å². The molecular formula is C16H18F3N. The molecule has 2 aromatic rings. The number of hydrogen-bond acceptors (Lipinski definition) is 1. The van der Waals surface area contributed by atoms with Gasteiger partial charge in [-0.15, -0.1) is 0 Å². The summed E-state index contributed by atoms with van der Waals surface area (Å²) in [5, 5.41) is 1.48. The van der Waals surface area contributed by atoms with E-state index in [0.29, 0.717) is 5.39 Å². The molecule has 2 rings (SSSR count). The van der Waals surface area contributed by atoms with Crippen LogP contribution in [0, 0.1) is 0 Å². The van der Waals surface area contributed by atoms with E-state index in [1.165, 1.54) is 6.07 Å². The lowest BCUT2D eigenvalue weighted by Crippen LogP contribution is -2.28. The molecule has 108 valence electrons. The Morgan fingerprint density at radius 3 is 2.30 bits per heavy atom. The zero-order valence-electron chi connectivity index (χ0n) is 11.4. The van der Waals surface area contributed by atoms with E-state index < -0.39 is 12.2 Å². The molecule has 20 heavy (non-hydrogen) atoms. The number of benzene rings is 2. The van der Waals surface area contributed by atoms with E-state index in [4.69, 9.17) is 5.73 Å². The lowest BCUT2D eigenvalue weighted by Gasteiger charge is -2.19. The fourth-order valence-corrected chi connectivity index (χ4v) is 2.42. The Morgan fingerprint density at radius 2 is 1.70 bits per heavy atom. The highest BCUT2D eigenvalue weighted by molar-refractivity contribution is 5.89. The molecule has 0 aliphatic heterocycles. The third-order valence-electron chi connectivity index (χ3n) is 3.54. The summed E-state index contributed by atoms with van der Waals surface area (Å²) < 4.78 is 38.5. The standard InChI is InChI=1S/C16H18F3N/c1-2-3-6-11-9-10-14(15(20)16(17,18)19)13-8-5-4-7-12(11)13/h4-5,7-10,15H,2-3,6,20H2,1H3/t15-/m0/s1. The molecule has 0 radical (unpaired) electrons. The molecule has 0 bridgehead atoms. The molecule has 0 unspecified atom stereocenters. The SMILES string of the molecule is CCCCc1ccc([C@H](N)C(F)(F)F)c2ccccc12. The van der Waals surface area contributed by atoms with Gasteiger partial charge in [0.15, 0.2) is 0 Å². The second-order valence-corrected chi connectivity index (χ2v) is 4.98. The Kier molecular flexibility index (Phi) is 4.33. The van der Waals surface area contributed by atoms with Gasteiger partial charge in [-0.3, -0.25) is 0 Å². The molecule has 1 atom stereocenters. The van der Waals surface area contributed by atoms with E-state index in [1.807, 2.05) is 12.1 Å². The van der Waals surface area contributed by atoms with Crippen molar-refractivity contribution in [2.75, 3.05) is 0 Å². The van der Waals surface area contributed by atoms with Gasteiger partial charge in [-0.25, -0.2) is 0 Å². The van der Waals surface area contributed by atoms with Gasteiger partial charge in [0.05, 0.1) is 0 Å². The molecule has 0 spiro atoms. The number of halogens is 3. The number of nitrogens with two attached hydrogens (primary N) is 1. The minimum absolute atomic E-state index is 0.147. The number of fused-ring (bicyclic) bond motifs is 1. The number of rotatable bonds is 4. The molecule has 2 aromatic carbocycles. The van der Waals surface area contributed by atoms with E-state index in [9.17, 15) is 13.2 Å². The quantitative estimate of drug-likeness (QED) is 0.860. The van der Waals surface area contributed by atoms with Crippen molar-refractivity contribution < 1.29 is 13.2 Å². The fraction of sp³-hybridized carbons (Fsp3) is 0.375. The zero-order valence-corrected chi connectivity index (χ0v) is 11.4. The molecule has 4 heteroatoms. The minimum Gasteiger partial charge on any atom is -0.316 e. The van der Waals surface area contributed by atoms with Gasteiger partial charge in [0.1, 0.15) is 6.04 Å². The lowest BCUT2D eigenvalue weighted by molar-refractivity contribution is -0.148. The summed E-state index contributed by atoms with van der Waals surface area (Å²) in [6.07, 6.45) is -1.47. The van der Waals surface area contributed by atoms with Crippen LogP contribution in [0.2, 0.25) is 0 Å². The maximum Gasteiger partial charge on any atom is 0.407 e. The van der Waals surface area contributed by atoms with Crippen molar-refractivity contribution in [3.05, 3.63) is 47.5 Å². The Balaban J connectivity index is 2.54.